The molecule has 1 saturated heterocycles. The first-order valence-electron chi connectivity index (χ1n) is 7.40. The van der Waals surface area contributed by atoms with Crippen LogP contribution in [0, 0.1) is 0 Å². The molecule has 1 N–H and O–H groups in total. The summed E-state index contributed by atoms with van der Waals surface area (Å²) in [7, 11) is 1.49. The van der Waals surface area contributed by atoms with Crippen LogP contribution >= 0.6 is 0 Å². The van der Waals surface area contributed by atoms with Crippen molar-refractivity contribution in [3.8, 4) is 0 Å². The Morgan fingerprint density at radius 1 is 1.39 bits per heavy atom. The molecule has 132 valence electrons. The van der Waals surface area contributed by atoms with Gasteiger partial charge >= 0.3 is 5.97 Å². The lowest BCUT2D eigenvalue weighted by atomic mass is 9.98. The Morgan fingerprint density at radius 2 is 2.00 bits per heavy atom. The minimum Gasteiger partial charge on any atom is -0.463 e. The third kappa shape index (κ3) is 5.12. The quantitative estimate of drug-likeness (QED) is 0.294. The summed E-state index contributed by atoms with van der Waals surface area (Å²) in [6.07, 6.45) is -1.90. The highest BCUT2D eigenvalue weighted by atomic mass is 16.8. The molecule has 0 aromatic carbocycles. The van der Waals surface area contributed by atoms with Gasteiger partial charge in [-0.2, -0.15) is 0 Å². The second-order valence-corrected chi connectivity index (χ2v) is 5.53. The standard InChI is InChI=1S/C16H26O7/c1-7-11(21-9-19-6)13-14(23-16(4,5)22-13)12(17)10(3)15(18)20-8-2/h7,11-14,17H,1,3,8-9H2,2,4-6H3/t11-,12?,13-,14-/m0/s1. The molecule has 7 heteroatoms. The lowest BCUT2D eigenvalue weighted by molar-refractivity contribution is -0.165. The number of carbonyl (C=O) groups excluding carboxylic acids is 1. The van der Waals surface area contributed by atoms with E-state index in [2.05, 4.69) is 13.2 Å². The summed E-state index contributed by atoms with van der Waals surface area (Å²) < 4.78 is 26.7. The van der Waals surface area contributed by atoms with E-state index in [1.807, 2.05) is 0 Å². The van der Waals surface area contributed by atoms with Crippen LogP contribution in [0.2, 0.25) is 0 Å². The number of hydrogen-bond acceptors (Lipinski definition) is 7. The van der Waals surface area contributed by atoms with Crippen LogP contribution in [0.1, 0.15) is 20.8 Å². The van der Waals surface area contributed by atoms with Gasteiger partial charge in [-0.05, 0) is 20.8 Å². The SMILES string of the molecule is C=C[C@H](OCOC)[C@@H]1OC(C)(C)O[C@H]1C(O)C(=C)C(=O)OCC. The molecule has 1 heterocycles. The Balaban J connectivity index is 2.92. The molecule has 0 aromatic heterocycles. The van der Waals surface area contributed by atoms with Crippen LogP contribution in [0.4, 0.5) is 0 Å². The Bertz CT molecular complexity index is 432. The van der Waals surface area contributed by atoms with Crippen LogP contribution in [-0.2, 0) is 28.5 Å². The van der Waals surface area contributed by atoms with Gasteiger partial charge in [-0.1, -0.05) is 12.7 Å². The smallest absolute Gasteiger partial charge is 0.336 e. The third-order valence-corrected chi connectivity index (χ3v) is 3.30. The van der Waals surface area contributed by atoms with E-state index < -0.39 is 36.2 Å². The van der Waals surface area contributed by atoms with Gasteiger partial charge in [0, 0.05) is 7.11 Å². The van der Waals surface area contributed by atoms with Crippen molar-refractivity contribution in [2.45, 2.75) is 51.0 Å². The lowest BCUT2D eigenvalue weighted by Gasteiger charge is -2.27. The van der Waals surface area contributed by atoms with E-state index in [-0.39, 0.29) is 19.0 Å². The number of carbonyl (C=O) groups is 1. The van der Waals surface area contributed by atoms with Crippen molar-refractivity contribution < 1.29 is 33.6 Å². The largest absolute Gasteiger partial charge is 0.463 e. The zero-order chi connectivity index (χ0) is 17.6. The van der Waals surface area contributed by atoms with Gasteiger partial charge in [0.15, 0.2) is 5.79 Å². The Morgan fingerprint density at radius 3 is 2.52 bits per heavy atom. The van der Waals surface area contributed by atoms with Crippen molar-refractivity contribution in [2.75, 3.05) is 20.5 Å². The molecule has 1 fully saturated rings. The molecule has 0 radical (unpaired) electrons. The molecule has 0 amide bonds. The number of rotatable bonds is 9. The summed E-state index contributed by atoms with van der Waals surface area (Å²) in [4.78, 5) is 11.8. The third-order valence-electron chi connectivity index (χ3n) is 3.30. The highest BCUT2D eigenvalue weighted by Crippen LogP contribution is 2.34. The van der Waals surface area contributed by atoms with Gasteiger partial charge in [0.2, 0.25) is 0 Å². The Hall–Kier alpha value is -1.25. The summed E-state index contributed by atoms with van der Waals surface area (Å²) in [6.45, 7) is 12.6. The van der Waals surface area contributed by atoms with Gasteiger partial charge in [-0.25, -0.2) is 4.79 Å². The first-order valence-corrected chi connectivity index (χ1v) is 7.40. The Labute approximate surface area is 136 Å². The molecule has 0 aliphatic carbocycles. The number of ether oxygens (including phenoxy) is 5. The first-order chi connectivity index (χ1) is 10.8. The monoisotopic (exact) mass is 330 g/mol. The van der Waals surface area contributed by atoms with E-state index in [0.717, 1.165) is 0 Å². The summed E-state index contributed by atoms with van der Waals surface area (Å²) in [5.41, 5.74) is -0.0993. The molecule has 23 heavy (non-hydrogen) atoms. The van der Waals surface area contributed by atoms with E-state index in [4.69, 9.17) is 23.7 Å². The van der Waals surface area contributed by atoms with Gasteiger partial charge < -0.3 is 28.8 Å². The van der Waals surface area contributed by atoms with Crippen molar-refractivity contribution >= 4 is 5.97 Å². The van der Waals surface area contributed by atoms with Crippen LogP contribution in [0.25, 0.3) is 0 Å². The lowest BCUT2D eigenvalue weighted by Crippen LogP contribution is -2.44. The van der Waals surface area contributed by atoms with Crippen molar-refractivity contribution in [3.05, 3.63) is 24.8 Å². The maximum absolute atomic E-state index is 11.8. The zero-order valence-electron chi connectivity index (χ0n) is 14.1. The van der Waals surface area contributed by atoms with E-state index >= 15 is 0 Å². The maximum Gasteiger partial charge on any atom is 0.336 e. The number of aliphatic hydroxyl groups excluding tert-OH is 1. The van der Waals surface area contributed by atoms with Crippen LogP contribution in [0.15, 0.2) is 24.8 Å². The number of methoxy groups -OCH3 is 1. The van der Waals surface area contributed by atoms with Crippen molar-refractivity contribution in [3.63, 3.8) is 0 Å². The highest BCUT2D eigenvalue weighted by Gasteiger charge is 2.49. The fourth-order valence-corrected chi connectivity index (χ4v) is 2.30. The molecule has 1 aliphatic rings. The molecule has 1 rings (SSSR count). The molecule has 0 bridgehead atoms. The molecule has 0 aromatic rings. The van der Waals surface area contributed by atoms with E-state index in [1.54, 1.807) is 20.8 Å². The summed E-state index contributed by atoms with van der Waals surface area (Å²) in [6, 6.07) is 0. The molecule has 1 aliphatic heterocycles. The molecule has 7 nitrogen and oxygen atoms in total. The topological polar surface area (TPSA) is 83.5 Å². The molecular weight excluding hydrogens is 304 g/mol. The van der Waals surface area contributed by atoms with Crippen LogP contribution in [0.5, 0.6) is 0 Å². The van der Waals surface area contributed by atoms with Crippen LogP contribution < -0.4 is 0 Å². The summed E-state index contributed by atoms with van der Waals surface area (Å²) >= 11 is 0. The van der Waals surface area contributed by atoms with Gasteiger partial charge in [0.25, 0.3) is 0 Å². The summed E-state index contributed by atoms with van der Waals surface area (Å²) in [5.74, 6) is -1.64. The molecule has 0 spiro atoms. The number of esters is 1. The normalized spacial score (nSPS) is 25.6. The van der Waals surface area contributed by atoms with Gasteiger partial charge in [-0.3, -0.25) is 0 Å². The van der Waals surface area contributed by atoms with E-state index in [1.165, 1.54) is 13.2 Å². The fraction of sp³-hybridized carbons (Fsp3) is 0.688. The van der Waals surface area contributed by atoms with Crippen molar-refractivity contribution in [1.82, 2.24) is 0 Å². The molecular formula is C16H26O7. The van der Waals surface area contributed by atoms with Crippen molar-refractivity contribution in [1.29, 1.82) is 0 Å². The minimum atomic E-state index is -1.30. The minimum absolute atomic E-state index is 0.0264. The predicted molar refractivity (Wildman–Crippen MR) is 82.6 cm³/mol. The fourth-order valence-electron chi connectivity index (χ4n) is 2.30. The first kappa shape index (κ1) is 19.8. The maximum atomic E-state index is 11.8. The van der Waals surface area contributed by atoms with Crippen LogP contribution in [0.3, 0.4) is 0 Å². The predicted octanol–water partition coefficient (Wildman–Crippen LogP) is 1.16. The molecule has 0 saturated carbocycles. The molecule has 1 unspecified atom stereocenters. The van der Waals surface area contributed by atoms with Crippen LogP contribution in [-0.4, -0.2) is 61.8 Å². The average molecular weight is 330 g/mol. The van der Waals surface area contributed by atoms with E-state index in [9.17, 15) is 9.90 Å². The van der Waals surface area contributed by atoms with Gasteiger partial charge in [0.05, 0.1) is 12.2 Å². The average Bonchev–Trinajstić information content (AvgIpc) is 2.82. The van der Waals surface area contributed by atoms with Crippen molar-refractivity contribution in [2.24, 2.45) is 0 Å². The number of hydrogen-bond donors (Lipinski definition) is 1. The summed E-state index contributed by atoms with van der Waals surface area (Å²) in [5, 5.41) is 10.5. The molecule has 4 atom stereocenters. The second-order valence-electron chi connectivity index (χ2n) is 5.53. The zero-order valence-corrected chi connectivity index (χ0v) is 14.1. The van der Waals surface area contributed by atoms with Gasteiger partial charge in [-0.15, -0.1) is 6.58 Å². The highest BCUT2D eigenvalue weighted by molar-refractivity contribution is 5.88. The number of aliphatic hydroxyl groups is 1. The Kier molecular flexibility index (Phi) is 7.37. The second kappa shape index (κ2) is 8.56. The van der Waals surface area contributed by atoms with Gasteiger partial charge in [0.1, 0.15) is 31.2 Å². The van der Waals surface area contributed by atoms with E-state index in [0.29, 0.717) is 0 Å².